The van der Waals surface area contributed by atoms with Gasteiger partial charge in [0.25, 0.3) is 0 Å². The van der Waals surface area contributed by atoms with Gasteiger partial charge in [-0.25, -0.2) is 4.79 Å². The van der Waals surface area contributed by atoms with Crippen LogP contribution in [0.25, 0.3) is 0 Å². The number of aliphatic hydroxyl groups excluding tert-OH is 1. The second-order valence-electron chi connectivity index (χ2n) is 3.23. The van der Waals surface area contributed by atoms with Crippen LogP contribution in [0.3, 0.4) is 0 Å². The number of aliphatic hydroxyl groups is 1. The molecule has 2 N–H and O–H groups in total. The van der Waals surface area contributed by atoms with E-state index < -0.39 is 18.1 Å². The molecule has 0 aromatic carbocycles. The van der Waals surface area contributed by atoms with Crippen molar-refractivity contribution in [2.75, 3.05) is 6.54 Å². The van der Waals surface area contributed by atoms with Crippen molar-refractivity contribution >= 4 is 11.9 Å². The summed E-state index contributed by atoms with van der Waals surface area (Å²) in [7, 11) is 0. The van der Waals surface area contributed by atoms with E-state index in [9.17, 15) is 14.7 Å². The lowest BCUT2D eigenvalue weighted by molar-refractivity contribution is -0.146. The Balaban J connectivity index is 2.76. The Bertz CT molecular complexity index is 274. The van der Waals surface area contributed by atoms with Crippen molar-refractivity contribution in [2.24, 2.45) is 0 Å². The molecule has 1 amide bonds. The lowest BCUT2D eigenvalue weighted by Crippen LogP contribution is -2.39. The third kappa shape index (κ3) is 2.11. The number of carboxylic acid groups (broad SMARTS) is 1. The highest BCUT2D eigenvalue weighted by molar-refractivity contribution is 5.91. The highest BCUT2D eigenvalue weighted by Crippen LogP contribution is 2.18. The number of β-amino-alcohol motifs (C(OH)–C–C–N with tert-alkyl or cyclic N) is 1. The van der Waals surface area contributed by atoms with Crippen LogP contribution in [0.2, 0.25) is 0 Å². The molecule has 1 saturated heterocycles. The van der Waals surface area contributed by atoms with Crippen LogP contribution in [-0.4, -0.2) is 45.7 Å². The number of nitrogens with zero attached hydrogens (tertiary/aromatic N) is 1. The zero-order valence-electron chi connectivity index (χ0n) is 7.88. The molecular weight excluding hydrogens is 186 g/mol. The Morgan fingerprint density at radius 1 is 1.50 bits per heavy atom. The minimum absolute atomic E-state index is 0.0974. The Morgan fingerprint density at radius 2 is 2.14 bits per heavy atom. The first kappa shape index (κ1) is 10.7. The van der Waals surface area contributed by atoms with Crippen LogP contribution < -0.4 is 0 Å². The van der Waals surface area contributed by atoms with Crippen molar-refractivity contribution in [1.82, 2.24) is 4.90 Å². The molecule has 0 unspecified atom stereocenters. The van der Waals surface area contributed by atoms with Crippen LogP contribution in [0.1, 0.15) is 13.3 Å². The summed E-state index contributed by atoms with van der Waals surface area (Å²) >= 11 is 0. The normalized spacial score (nSPS) is 27.1. The van der Waals surface area contributed by atoms with Gasteiger partial charge in [0, 0.05) is 13.0 Å². The summed E-state index contributed by atoms with van der Waals surface area (Å²) in [6, 6.07) is -0.895. The van der Waals surface area contributed by atoms with Crippen LogP contribution in [0, 0.1) is 0 Å². The molecule has 1 heterocycles. The van der Waals surface area contributed by atoms with Crippen molar-refractivity contribution in [2.45, 2.75) is 25.5 Å². The number of allylic oxidation sites excluding steroid dienone is 1. The van der Waals surface area contributed by atoms with E-state index in [1.807, 2.05) is 0 Å². The molecule has 0 aromatic heterocycles. The van der Waals surface area contributed by atoms with Crippen molar-refractivity contribution < 1.29 is 19.8 Å². The second-order valence-corrected chi connectivity index (χ2v) is 3.23. The largest absolute Gasteiger partial charge is 0.480 e. The van der Waals surface area contributed by atoms with Gasteiger partial charge in [-0.2, -0.15) is 0 Å². The molecule has 78 valence electrons. The van der Waals surface area contributed by atoms with E-state index in [1.54, 1.807) is 13.0 Å². The number of aliphatic carboxylic acids is 1. The van der Waals surface area contributed by atoms with E-state index in [0.29, 0.717) is 0 Å². The Morgan fingerprint density at radius 3 is 2.64 bits per heavy atom. The average Bonchev–Trinajstić information content (AvgIpc) is 2.48. The first-order chi connectivity index (χ1) is 6.56. The van der Waals surface area contributed by atoms with Gasteiger partial charge in [-0.05, 0) is 13.0 Å². The predicted octanol–water partition coefficient (Wildman–Crippen LogP) is -0.391. The minimum Gasteiger partial charge on any atom is -0.480 e. The number of carboxylic acids is 1. The highest BCUT2D eigenvalue weighted by atomic mass is 16.4. The topological polar surface area (TPSA) is 77.8 Å². The maximum atomic E-state index is 11.4. The van der Waals surface area contributed by atoms with Gasteiger partial charge in [0.05, 0.1) is 6.10 Å². The smallest absolute Gasteiger partial charge is 0.326 e. The summed E-state index contributed by atoms with van der Waals surface area (Å²) in [6.45, 7) is 1.78. The standard InChI is InChI=1S/C9H13NO4/c1-2-3-8(12)10-5-6(11)4-7(10)9(13)14/h2-3,6-7,11H,4-5H2,1H3,(H,13,14)/t6-,7+/m1/s1. The van der Waals surface area contributed by atoms with Gasteiger partial charge >= 0.3 is 5.97 Å². The van der Waals surface area contributed by atoms with E-state index in [4.69, 9.17) is 5.11 Å². The Kier molecular flexibility index (Phi) is 3.24. The first-order valence-electron chi connectivity index (χ1n) is 4.40. The molecule has 1 rings (SSSR count). The molecule has 0 bridgehead atoms. The SMILES string of the molecule is CC=CC(=O)N1C[C@H](O)C[C@H]1C(=O)O. The van der Waals surface area contributed by atoms with E-state index in [2.05, 4.69) is 0 Å². The summed E-state index contributed by atoms with van der Waals surface area (Å²) in [6.07, 6.45) is 2.23. The molecule has 0 aliphatic carbocycles. The number of hydrogen-bond donors (Lipinski definition) is 2. The fourth-order valence-corrected chi connectivity index (χ4v) is 1.53. The van der Waals surface area contributed by atoms with Crippen molar-refractivity contribution in [1.29, 1.82) is 0 Å². The molecule has 0 radical (unpaired) electrons. The molecule has 1 aliphatic rings. The summed E-state index contributed by atoms with van der Waals surface area (Å²) in [5, 5.41) is 18.0. The van der Waals surface area contributed by atoms with E-state index in [-0.39, 0.29) is 18.9 Å². The summed E-state index contributed by atoms with van der Waals surface area (Å²) in [5.41, 5.74) is 0. The maximum Gasteiger partial charge on any atom is 0.326 e. The van der Waals surface area contributed by atoms with E-state index >= 15 is 0 Å². The van der Waals surface area contributed by atoms with Crippen molar-refractivity contribution in [3.63, 3.8) is 0 Å². The van der Waals surface area contributed by atoms with Crippen LogP contribution in [0.4, 0.5) is 0 Å². The van der Waals surface area contributed by atoms with Gasteiger partial charge in [-0.1, -0.05) is 6.08 Å². The fraction of sp³-hybridized carbons (Fsp3) is 0.556. The van der Waals surface area contributed by atoms with E-state index in [0.717, 1.165) is 0 Å². The third-order valence-electron chi connectivity index (χ3n) is 2.16. The monoisotopic (exact) mass is 199 g/mol. The van der Waals surface area contributed by atoms with Gasteiger partial charge in [-0.3, -0.25) is 4.79 Å². The molecule has 2 atom stereocenters. The van der Waals surface area contributed by atoms with Gasteiger partial charge in [-0.15, -0.1) is 0 Å². The molecule has 0 saturated carbocycles. The zero-order valence-corrected chi connectivity index (χ0v) is 7.88. The summed E-state index contributed by atoms with van der Waals surface area (Å²) in [4.78, 5) is 23.3. The highest BCUT2D eigenvalue weighted by Gasteiger charge is 2.37. The number of carbonyl (C=O) groups excluding carboxylic acids is 1. The molecule has 0 spiro atoms. The van der Waals surface area contributed by atoms with Crippen LogP contribution in [0.5, 0.6) is 0 Å². The molecule has 1 fully saturated rings. The van der Waals surface area contributed by atoms with Gasteiger partial charge < -0.3 is 15.1 Å². The molecule has 5 heteroatoms. The van der Waals surface area contributed by atoms with Gasteiger partial charge in [0.15, 0.2) is 0 Å². The van der Waals surface area contributed by atoms with Crippen LogP contribution in [-0.2, 0) is 9.59 Å². The summed E-state index contributed by atoms with van der Waals surface area (Å²) < 4.78 is 0. The maximum absolute atomic E-state index is 11.4. The van der Waals surface area contributed by atoms with Gasteiger partial charge in [0.1, 0.15) is 6.04 Å². The zero-order chi connectivity index (χ0) is 10.7. The lowest BCUT2D eigenvalue weighted by Gasteiger charge is -2.18. The number of carbonyl (C=O) groups is 2. The molecular formula is C9H13NO4. The Labute approximate surface area is 81.6 Å². The average molecular weight is 199 g/mol. The molecule has 14 heavy (non-hydrogen) atoms. The lowest BCUT2D eigenvalue weighted by atomic mass is 10.2. The Hall–Kier alpha value is -1.36. The predicted molar refractivity (Wildman–Crippen MR) is 48.6 cm³/mol. The minimum atomic E-state index is -1.07. The number of amides is 1. The van der Waals surface area contributed by atoms with Crippen LogP contribution >= 0.6 is 0 Å². The molecule has 0 aromatic rings. The third-order valence-corrected chi connectivity index (χ3v) is 2.16. The van der Waals surface area contributed by atoms with Gasteiger partial charge in [0.2, 0.25) is 5.91 Å². The van der Waals surface area contributed by atoms with E-state index in [1.165, 1.54) is 11.0 Å². The number of rotatable bonds is 2. The summed E-state index contributed by atoms with van der Waals surface area (Å²) in [5.74, 6) is -1.43. The van der Waals surface area contributed by atoms with Crippen molar-refractivity contribution in [3.05, 3.63) is 12.2 Å². The quantitative estimate of drug-likeness (QED) is 0.594. The molecule has 5 nitrogen and oxygen atoms in total. The second kappa shape index (κ2) is 4.23. The molecule has 1 aliphatic heterocycles. The fourth-order valence-electron chi connectivity index (χ4n) is 1.53. The van der Waals surface area contributed by atoms with Crippen molar-refractivity contribution in [3.8, 4) is 0 Å². The number of likely N-dealkylation sites (tertiary alicyclic amines) is 1. The first-order valence-corrected chi connectivity index (χ1v) is 4.40. The van der Waals surface area contributed by atoms with Crippen LogP contribution in [0.15, 0.2) is 12.2 Å². The number of hydrogen-bond acceptors (Lipinski definition) is 3.